The molecule has 0 saturated heterocycles. The summed E-state index contributed by atoms with van der Waals surface area (Å²) < 4.78 is 0. The van der Waals surface area contributed by atoms with Gasteiger partial charge >= 0.3 is 0 Å². The summed E-state index contributed by atoms with van der Waals surface area (Å²) in [5.74, 6) is 2.72. The molecule has 1 nitrogen and oxygen atoms in total. The van der Waals surface area contributed by atoms with Crippen molar-refractivity contribution in [3.63, 3.8) is 0 Å². The highest BCUT2D eigenvalue weighted by molar-refractivity contribution is 5.75. The zero-order chi connectivity index (χ0) is 15.8. The first-order chi connectivity index (χ1) is 9.88. The van der Waals surface area contributed by atoms with Gasteiger partial charge in [0.05, 0.1) is 0 Å². The third kappa shape index (κ3) is 7.64. The third-order valence-electron chi connectivity index (χ3n) is 4.51. The van der Waals surface area contributed by atoms with Crippen LogP contribution in [0.4, 0.5) is 0 Å². The van der Waals surface area contributed by atoms with E-state index in [1.807, 2.05) is 0 Å². The number of unbranched alkanes of at least 4 members (excludes halogenated alkanes) is 2. The number of rotatable bonds is 8. The average molecular weight is 290 g/mol. The highest BCUT2D eigenvalue weighted by atomic mass is 16.1. The number of ketones is 1. The molecule has 120 valence electrons. The molecule has 1 fully saturated rings. The molecule has 0 radical (unpaired) electrons. The van der Waals surface area contributed by atoms with Crippen LogP contribution in [0.3, 0.4) is 0 Å². The molecular formula is C20H34O. The topological polar surface area (TPSA) is 17.1 Å². The van der Waals surface area contributed by atoms with E-state index in [4.69, 9.17) is 0 Å². The molecule has 1 aliphatic carbocycles. The Morgan fingerprint density at radius 2 is 1.57 bits per heavy atom. The standard InChI is InChI=1S/C20H34O/c1-15(2)11-18-13-19(20(14-18)12-16(3)4)10-8-6-7-9-17(5)21/h11-12,18-20H,6-10,13-14H2,1-5H3. The molecule has 21 heavy (non-hydrogen) atoms. The molecule has 0 aromatic carbocycles. The van der Waals surface area contributed by atoms with Gasteiger partial charge in [-0.05, 0) is 78.1 Å². The summed E-state index contributed by atoms with van der Waals surface area (Å²) in [6, 6.07) is 0. The maximum absolute atomic E-state index is 11.0. The first-order valence-electron chi connectivity index (χ1n) is 8.68. The highest BCUT2D eigenvalue weighted by Gasteiger charge is 2.31. The second-order valence-corrected chi connectivity index (χ2v) is 7.44. The molecule has 0 aromatic heterocycles. The molecule has 1 aliphatic rings. The molecule has 0 heterocycles. The fraction of sp³-hybridized carbons (Fsp3) is 0.750. The Labute approximate surface area is 131 Å². The van der Waals surface area contributed by atoms with Crippen molar-refractivity contribution in [2.45, 2.75) is 79.6 Å². The minimum absolute atomic E-state index is 0.335. The van der Waals surface area contributed by atoms with Crippen LogP contribution in [-0.4, -0.2) is 5.78 Å². The predicted molar refractivity (Wildman–Crippen MR) is 92.3 cm³/mol. The number of Topliss-reactive ketones (excluding diaryl/α,β-unsaturated/α-hetero) is 1. The van der Waals surface area contributed by atoms with Gasteiger partial charge in [-0.2, -0.15) is 0 Å². The van der Waals surface area contributed by atoms with Crippen molar-refractivity contribution >= 4 is 5.78 Å². The van der Waals surface area contributed by atoms with Gasteiger partial charge in [-0.15, -0.1) is 0 Å². The Morgan fingerprint density at radius 3 is 2.14 bits per heavy atom. The van der Waals surface area contributed by atoms with Gasteiger partial charge in [0.25, 0.3) is 0 Å². The Balaban J connectivity index is 2.46. The Hall–Kier alpha value is -0.850. The van der Waals surface area contributed by atoms with Gasteiger partial charge in [0.2, 0.25) is 0 Å². The zero-order valence-corrected chi connectivity index (χ0v) is 14.7. The molecule has 1 heteroatoms. The summed E-state index contributed by atoms with van der Waals surface area (Å²) in [5.41, 5.74) is 2.91. The van der Waals surface area contributed by atoms with Crippen molar-refractivity contribution in [3.8, 4) is 0 Å². The first-order valence-corrected chi connectivity index (χ1v) is 8.68. The van der Waals surface area contributed by atoms with Crippen LogP contribution in [0.5, 0.6) is 0 Å². The molecular weight excluding hydrogens is 256 g/mol. The molecule has 1 saturated carbocycles. The number of allylic oxidation sites excluding steroid dienone is 4. The monoisotopic (exact) mass is 290 g/mol. The van der Waals surface area contributed by atoms with Crippen molar-refractivity contribution in [1.29, 1.82) is 0 Å². The summed E-state index contributed by atoms with van der Waals surface area (Å²) >= 11 is 0. The summed E-state index contributed by atoms with van der Waals surface area (Å²) in [5, 5.41) is 0. The van der Waals surface area contributed by atoms with Gasteiger partial charge in [-0.1, -0.05) is 36.1 Å². The van der Waals surface area contributed by atoms with Crippen LogP contribution in [0.25, 0.3) is 0 Å². The van der Waals surface area contributed by atoms with E-state index in [-0.39, 0.29) is 0 Å². The number of hydrogen-bond acceptors (Lipinski definition) is 1. The van der Waals surface area contributed by atoms with Crippen LogP contribution in [0.2, 0.25) is 0 Å². The van der Waals surface area contributed by atoms with Crippen molar-refractivity contribution in [2.75, 3.05) is 0 Å². The van der Waals surface area contributed by atoms with Crippen molar-refractivity contribution in [3.05, 3.63) is 23.3 Å². The lowest BCUT2D eigenvalue weighted by atomic mass is 9.89. The van der Waals surface area contributed by atoms with Crippen LogP contribution in [0.15, 0.2) is 23.3 Å². The second kappa shape index (κ2) is 9.23. The maximum atomic E-state index is 11.0. The maximum Gasteiger partial charge on any atom is 0.129 e. The van der Waals surface area contributed by atoms with E-state index >= 15 is 0 Å². The lowest BCUT2D eigenvalue weighted by Crippen LogP contribution is -2.05. The van der Waals surface area contributed by atoms with Gasteiger partial charge in [0.15, 0.2) is 0 Å². The van der Waals surface area contributed by atoms with Gasteiger partial charge in [-0.25, -0.2) is 0 Å². The van der Waals surface area contributed by atoms with E-state index in [0.717, 1.165) is 30.6 Å². The minimum atomic E-state index is 0.335. The Bertz CT molecular complexity index is 381. The third-order valence-corrected chi connectivity index (χ3v) is 4.51. The fourth-order valence-electron chi connectivity index (χ4n) is 3.73. The zero-order valence-electron chi connectivity index (χ0n) is 14.7. The Kier molecular flexibility index (Phi) is 8.00. The average Bonchev–Trinajstić information content (AvgIpc) is 2.68. The quantitative estimate of drug-likeness (QED) is 0.390. The van der Waals surface area contributed by atoms with Crippen LogP contribution in [0, 0.1) is 17.8 Å². The molecule has 0 amide bonds. The van der Waals surface area contributed by atoms with Crippen molar-refractivity contribution in [1.82, 2.24) is 0 Å². The van der Waals surface area contributed by atoms with Crippen LogP contribution >= 0.6 is 0 Å². The first kappa shape index (κ1) is 18.2. The highest BCUT2D eigenvalue weighted by Crippen LogP contribution is 2.41. The van der Waals surface area contributed by atoms with Gasteiger partial charge in [0, 0.05) is 6.42 Å². The molecule has 1 rings (SSSR count). The largest absolute Gasteiger partial charge is 0.300 e. The molecule has 0 aliphatic heterocycles. The Morgan fingerprint density at radius 1 is 0.905 bits per heavy atom. The molecule has 3 atom stereocenters. The fourth-order valence-corrected chi connectivity index (χ4v) is 3.73. The van der Waals surface area contributed by atoms with E-state index in [0.29, 0.717) is 5.78 Å². The van der Waals surface area contributed by atoms with E-state index in [2.05, 4.69) is 39.8 Å². The summed E-state index contributed by atoms with van der Waals surface area (Å²) in [6.45, 7) is 10.6. The normalized spacial score (nSPS) is 24.7. The van der Waals surface area contributed by atoms with Crippen LogP contribution < -0.4 is 0 Å². The SMILES string of the molecule is CC(=O)CCCCCC1CC(C=C(C)C)CC1C=C(C)C. The van der Waals surface area contributed by atoms with Gasteiger partial charge in [0.1, 0.15) is 5.78 Å². The van der Waals surface area contributed by atoms with Crippen molar-refractivity contribution < 1.29 is 4.79 Å². The molecule has 0 bridgehead atoms. The lowest BCUT2D eigenvalue weighted by Gasteiger charge is -2.16. The van der Waals surface area contributed by atoms with Crippen LogP contribution in [0.1, 0.15) is 79.6 Å². The van der Waals surface area contributed by atoms with Crippen LogP contribution in [-0.2, 0) is 4.79 Å². The molecule has 0 N–H and O–H groups in total. The van der Waals surface area contributed by atoms with E-state index in [1.54, 1.807) is 6.92 Å². The predicted octanol–water partition coefficient (Wildman–Crippen LogP) is 6.10. The smallest absolute Gasteiger partial charge is 0.129 e. The number of hydrogen-bond donors (Lipinski definition) is 0. The van der Waals surface area contributed by atoms with E-state index in [1.165, 1.54) is 43.3 Å². The van der Waals surface area contributed by atoms with E-state index < -0.39 is 0 Å². The summed E-state index contributed by atoms with van der Waals surface area (Å²) in [4.78, 5) is 11.0. The summed E-state index contributed by atoms with van der Waals surface area (Å²) in [7, 11) is 0. The lowest BCUT2D eigenvalue weighted by molar-refractivity contribution is -0.117. The summed E-state index contributed by atoms with van der Waals surface area (Å²) in [6.07, 6.45) is 13.3. The number of carbonyl (C=O) groups is 1. The molecule has 0 aromatic rings. The molecule has 3 unspecified atom stereocenters. The van der Waals surface area contributed by atoms with Crippen molar-refractivity contribution in [2.24, 2.45) is 17.8 Å². The van der Waals surface area contributed by atoms with Gasteiger partial charge < -0.3 is 4.79 Å². The number of carbonyl (C=O) groups excluding carboxylic acids is 1. The second-order valence-electron chi connectivity index (χ2n) is 7.44. The molecule has 0 spiro atoms. The van der Waals surface area contributed by atoms with E-state index in [9.17, 15) is 4.79 Å². The van der Waals surface area contributed by atoms with Gasteiger partial charge in [-0.3, -0.25) is 0 Å². The minimum Gasteiger partial charge on any atom is -0.300 e.